The van der Waals surface area contributed by atoms with E-state index in [0.717, 1.165) is 26.1 Å². The average Bonchev–Trinajstić information content (AvgIpc) is 2.59. The van der Waals surface area contributed by atoms with Crippen molar-refractivity contribution in [2.75, 3.05) is 13.2 Å². The first-order valence-corrected chi connectivity index (χ1v) is 5.61. The van der Waals surface area contributed by atoms with Crippen molar-refractivity contribution in [3.05, 3.63) is 0 Å². The van der Waals surface area contributed by atoms with Gasteiger partial charge in [0.1, 0.15) is 0 Å². The van der Waals surface area contributed by atoms with Gasteiger partial charge in [-0.05, 0) is 32.1 Å². The summed E-state index contributed by atoms with van der Waals surface area (Å²) in [6.07, 6.45) is 6.62. The first-order valence-electron chi connectivity index (χ1n) is 5.61. The van der Waals surface area contributed by atoms with E-state index in [1.165, 1.54) is 19.3 Å². The molecule has 2 atom stereocenters. The predicted molar refractivity (Wildman–Crippen MR) is 53.9 cm³/mol. The van der Waals surface area contributed by atoms with Gasteiger partial charge >= 0.3 is 0 Å². The van der Waals surface area contributed by atoms with Crippen LogP contribution in [0.2, 0.25) is 0 Å². The van der Waals surface area contributed by atoms with Crippen LogP contribution in [0.25, 0.3) is 0 Å². The molecule has 0 spiro atoms. The van der Waals surface area contributed by atoms with Crippen LogP contribution in [0, 0.1) is 0 Å². The fourth-order valence-electron chi connectivity index (χ4n) is 1.81. The van der Waals surface area contributed by atoms with Gasteiger partial charge in [0.05, 0.1) is 12.2 Å². The largest absolute Gasteiger partial charge is 0.376 e. The Morgan fingerprint density at radius 1 is 0.923 bits per heavy atom. The highest BCUT2D eigenvalue weighted by Crippen LogP contribution is 2.25. The minimum Gasteiger partial charge on any atom is -0.376 e. The van der Waals surface area contributed by atoms with Crippen LogP contribution >= 0.6 is 0 Å². The van der Waals surface area contributed by atoms with Crippen molar-refractivity contribution >= 4 is 0 Å². The smallest absolute Gasteiger partial charge is 0.0836 e. The first-order chi connectivity index (χ1) is 6.38. The predicted octanol–water partition coefficient (Wildman–Crippen LogP) is 2.76. The Bertz CT molecular complexity index is 111. The number of ether oxygens (including phenoxy) is 2. The molecule has 0 bridgehead atoms. The zero-order valence-corrected chi connectivity index (χ0v) is 8.92. The summed E-state index contributed by atoms with van der Waals surface area (Å²) in [6.45, 7) is 6.07. The van der Waals surface area contributed by atoms with Crippen molar-refractivity contribution in [3.8, 4) is 0 Å². The van der Waals surface area contributed by atoms with Crippen molar-refractivity contribution in [3.63, 3.8) is 0 Å². The van der Waals surface area contributed by atoms with Gasteiger partial charge in [-0.1, -0.05) is 13.8 Å². The van der Waals surface area contributed by atoms with E-state index in [1.807, 2.05) is 0 Å². The Balaban J connectivity index is 2.18. The lowest BCUT2D eigenvalue weighted by atomic mass is 10.2. The summed E-state index contributed by atoms with van der Waals surface area (Å²) in [5.41, 5.74) is 0. The summed E-state index contributed by atoms with van der Waals surface area (Å²) in [4.78, 5) is 0. The highest BCUT2D eigenvalue weighted by Gasteiger charge is 2.28. The van der Waals surface area contributed by atoms with Crippen LogP contribution in [0.3, 0.4) is 0 Å². The van der Waals surface area contributed by atoms with E-state index < -0.39 is 0 Å². The molecule has 78 valence electrons. The number of rotatable bonds is 6. The molecule has 2 nitrogen and oxygen atoms in total. The molecule has 0 heterocycles. The zero-order valence-electron chi connectivity index (χ0n) is 8.92. The summed E-state index contributed by atoms with van der Waals surface area (Å²) in [5.74, 6) is 0. The summed E-state index contributed by atoms with van der Waals surface area (Å²) >= 11 is 0. The Morgan fingerprint density at radius 3 is 1.77 bits per heavy atom. The molecule has 2 unspecified atom stereocenters. The van der Waals surface area contributed by atoms with Gasteiger partial charge in [0, 0.05) is 13.2 Å². The third-order valence-corrected chi connectivity index (χ3v) is 2.46. The maximum Gasteiger partial charge on any atom is 0.0836 e. The van der Waals surface area contributed by atoms with E-state index in [9.17, 15) is 0 Å². The number of hydrogen-bond acceptors (Lipinski definition) is 2. The van der Waals surface area contributed by atoms with E-state index in [2.05, 4.69) is 13.8 Å². The molecule has 0 aliphatic heterocycles. The van der Waals surface area contributed by atoms with Crippen molar-refractivity contribution in [2.24, 2.45) is 0 Å². The number of hydrogen-bond donors (Lipinski definition) is 0. The minimum absolute atomic E-state index is 0.381. The average molecular weight is 186 g/mol. The molecular weight excluding hydrogens is 164 g/mol. The maximum absolute atomic E-state index is 5.74. The molecule has 1 rings (SSSR count). The lowest BCUT2D eigenvalue weighted by Crippen LogP contribution is -2.26. The van der Waals surface area contributed by atoms with Gasteiger partial charge in [-0.25, -0.2) is 0 Å². The molecule has 1 fully saturated rings. The highest BCUT2D eigenvalue weighted by molar-refractivity contribution is 4.78. The van der Waals surface area contributed by atoms with E-state index in [0.29, 0.717) is 12.2 Å². The molecule has 0 aromatic rings. The molecular formula is C11H22O2. The third kappa shape index (κ3) is 3.65. The van der Waals surface area contributed by atoms with Crippen LogP contribution in [-0.4, -0.2) is 25.4 Å². The van der Waals surface area contributed by atoms with Gasteiger partial charge < -0.3 is 9.47 Å². The second kappa shape index (κ2) is 6.39. The molecule has 1 aliphatic carbocycles. The molecule has 1 saturated carbocycles. The summed E-state index contributed by atoms with van der Waals surface area (Å²) in [5, 5.41) is 0. The fraction of sp³-hybridized carbons (Fsp3) is 1.00. The van der Waals surface area contributed by atoms with E-state index in [-0.39, 0.29) is 0 Å². The molecule has 0 N–H and O–H groups in total. The van der Waals surface area contributed by atoms with Crippen LogP contribution in [0.5, 0.6) is 0 Å². The van der Waals surface area contributed by atoms with Gasteiger partial charge in [-0.3, -0.25) is 0 Å². The van der Waals surface area contributed by atoms with Gasteiger partial charge in [0.15, 0.2) is 0 Å². The quantitative estimate of drug-likeness (QED) is 0.635. The van der Waals surface area contributed by atoms with Crippen molar-refractivity contribution in [1.82, 2.24) is 0 Å². The first kappa shape index (κ1) is 11.0. The molecule has 2 heteroatoms. The third-order valence-electron chi connectivity index (χ3n) is 2.46. The van der Waals surface area contributed by atoms with Crippen LogP contribution in [0.15, 0.2) is 0 Å². The van der Waals surface area contributed by atoms with Gasteiger partial charge in [-0.2, -0.15) is 0 Å². The SMILES string of the molecule is CCCOC1CCCC1OCCC. The molecule has 0 saturated heterocycles. The normalized spacial score (nSPS) is 28.2. The van der Waals surface area contributed by atoms with Gasteiger partial charge in [0.25, 0.3) is 0 Å². The second-order valence-electron chi connectivity index (χ2n) is 3.75. The molecule has 0 aromatic heterocycles. The van der Waals surface area contributed by atoms with E-state index in [1.54, 1.807) is 0 Å². The maximum atomic E-state index is 5.74. The van der Waals surface area contributed by atoms with Crippen LogP contribution < -0.4 is 0 Å². The van der Waals surface area contributed by atoms with Crippen LogP contribution in [-0.2, 0) is 9.47 Å². The summed E-state index contributed by atoms with van der Waals surface area (Å²) in [6, 6.07) is 0. The highest BCUT2D eigenvalue weighted by atomic mass is 16.5. The zero-order chi connectivity index (χ0) is 9.52. The van der Waals surface area contributed by atoms with Crippen molar-refractivity contribution in [1.29, 1.82) is 0 Å². The Kier molecular flexibility index (Phi) is 5.40. The minimum atomic E-state index is 0.381. The Morgan fingerprint density at radius 2 is 1.38 bits per heavy atom. The molecule has 0 amide bonds. The van der Waals surface area contributed by atoms with Gasteiger partial charge in [-0.15, -0.1) is 0 Å². The summed E-state index contributed by atoms with van der Waals surface area (Å²) < 4.78 is 11.5. The Labute approximate surface area is 81.6 Å². The monoisotopic (exact) mass is 186 g/mol. The lowest BCUT2D eigenvalue weighted by Gasteiger charge is -2.20. The van der Waals surface area contributed by atoms with Crippen LogP contribution in [0.4, 0.5) is 0 Å². The van der Waals surface area contributed by atoms with Crippen molar-refractivity contribution in [2.45, 2.75) is 58.2 Å². The van der Waals surface area contributed by atoms with E-state index in [4.69, 9.17) is 9.47 Å². The van der Waals surface area contributed by atoms with Crippen LogP contribution in [0.1, 0.15) is 46.0 Å². The molecule has 0 aromatic carbocycles. The topological polar surface area (TPSA) is 18.5 Å². The van der Waals surface area contributed by atoms with Crippen molar-refractivity contribution < 1.29 is 9.47 Å². The standard InChI is InChI=1S/C11H22O2/c1-3-8-12-10-6-5-7-11(10)13-9-4-2/h10-11H,3-9H2,1-2H3. The molecule has 1 aliphatic rings. The Hall–Kier alpha value is -0.0800. The second-order valence-corrected chi connectivity index (χ2v) is 3.75. The van der Waals surface area contributed by atoms with Gasteiger partial charge in [0.2, 0.25) is 0 Å². The molecule has 0 radical (unpaired) electrons. The lowest BCUT2D eigenvalue weighted by molar-refractivity contribution is -0.0558. The summed E-state index contributed by atoms with van der Waals surface area (Å²) in [7, 11) is 0. The molecule has 13 heavy (non-hydrogen) atoms. The van der Waals surface area contributed by atoms with E-state index >= 15 is 0 Å². The fourth-order valence-corrected chi connectivity index (χ4v) is 1.81.